The van der Waals surface area contributed by atoms with Crippen molar-refractivity contribution in [2.24, 2.45) is 0 Å². The number of carbonyl (C=O) groups excluding carboxylic acids is 1. The molecule has 1 aromatic carbocycles. The summed E-state index contributed by atoms with van der Waals surface area (Å²) >= 11 is 1.49. The molecule has 1 N–H and O–H groups in total. The number of aliphatic carboxylic acids is 1. The molecule has 106 valence electrons. The van der Waals surface area contributed by atoms with E-state index in [1.54, 1.807) is 5.38 Å². The lowest BCUT2D eigenvalue weighted by Gasteiger charge is -2.34. The molecular formula is C15H17NO3S. The number of hydrogen-bond donors (Lipinski definition) is 1. The van der Waals surface area contributed by atoms with E-state index in [-0.39, 0.29) is 12.5 Å². The van der Waals surface area contributed by atoms with Gasteiger partial charge in [-0.2, -0.15) is 0 Å². The average Bonchev–Trinajstić information content (AvgIpc) is 2.77. The van der Waals surface area contributed by atoms with Crippen LogP contribution in [0.25, 0.3) is 10.1 Å². The number of hydrogen-bond acceptors (Lipinski definition) is 3. The molecule has 0 saturated heterocycles. The maximum Gasteiger partial charge on any atom is 0.323 e. The molecule has 0 saturated carbocycles. The molecule has 0 spiro atoms. The molecule has 2 rings (SSSR count). The number of nitrogens with zero attached hydrogens (tertiary/aromatic N) is 1. The van der Waals surface area contributed by atoms with Gasteiger partial charge in [0.05, 0.1) is 5.56 Å². The lowest BCUT2D eigenvalue weighted by molar-refractivity contribution is -0.138. The molecule has 0 aliphatic carbocycles. The molecule has 0 fully saturated rings. The molecule has 0 unspecified atom stereocenters. The van der Waals surface area contributed by atoms with Crippen LogP contribution in [0.5, 0.6) is 0 Å². The summed E-state index contributed by atoms with van der Waals surface area (Å²) in [7, 11) is 0. The third-order valence-electron chi connectivity index (χ3n) is 3.06. The highest BCUT2D eigenvalue weighted by molar-refractivity contribution is 7.17. The molecule has 1 heterocycles. The second kappa shape index (κ2) is 5.25. The van der Waals surface area contributed by atoms with Crippen molar-refractivity contribution in [1.29, 1.82) is 0 Å². The fourth-order valence-corrected chi connectivity index (χ4v) is 2.97. The zero-order valence-corrected chi connectivity index (χ0v) is 12.5. The molecule has 2 aromatic rings. The second-order valence-electron chi connectivity index (χ2n) is 5.60. The van der Waals surface area contributed by atoms with Crippen LogP contribution in [0.3, 0.4) is 0 Å². The Labute approximate surface area is 121 Å². The topological polar surface area (TPSA) is 57.6 Å². The Kier molecular flexibility index (Phi) is 3.81. The molecule has 0 radical (unpaired) electrons. The van der Waals surface area contributed by atoms with Gasteiger partial charge < -0.3 is 10.0 Å². The third-order valence-corrected chi connectivity index (χ3v) is 4.02. The van der Waals surface area contributed by atoms with Gasteiger partial charge in [-0.3, -0.25) is 9.59 Å². The maximum atomic E-state index is 12.7. The van der Waals surface area contributed by atoms with E-state index in [0.717, 1.165) is 10.1 Å². The Balaban J connectivity index is 2.44. The lowest BCUT2D eigenvalue weighted by Crippen LogP contribution is -2.48. The van der Waals surface area contributed by atoms with E-state index >= 15 is 0 Å². The molecule has 0 aliphatic heterocycles. The summed E-state index contributed by atoms with van der Waals surface area (Å²) in [5, 5.41) is 11.7. The van der Waals surface area contributed by atoms with Gasteiger partial charge in [0.1, 0.15) is 6.54 Å². The van der Waals surface area contributed by atoms with E-state index in [2.05, 4.69) is 0 Å². The summed E-state index contributed by atoms with van der Waals surface area (Å²) in [4.78, 5) is 25.1. The van der Waals surface area contributed by atoms with Crippen LogP contribution >= 0.6 is 11.3 Å². The smallest absolute Gasteiger partial charge is 0.323 e. The van der Waals surface area contributed by atoms with Gasteiger partial charge in [0.25, 0.3) is 5.91 Å². The SMILES string of the molecule is CC(C)(C)N(CC(=O)O)C(=O)c1csc2ccccc12. The van der Waals surface area contributed by atoms with Crippen molar-refractivity contribution < 1.29 is 14.7 Å². The fraction of sp³-hybridized carbons (Fsp3) is 0.333. The predicted octanol–water partition coefficient (Wildman–Crippen LogP) is 3.23. The minimum Gasteiger partial charge on any atom is -0.480 e. The van der Waals surface area contributed by atoms with Crippen LogP contribution in [-0.2, 0) is 4.79 Å². The van der Waals surface area contributed by atoms with E-state index in [1.807, 2.05) is 45.0 Å². The Morgan fingerprint density at radius 3 is 2.50 bits per heavy atom. The molecular weight excluding hydrogens is 274 g/mol. The standard InChI is InChI=1S/C15H17NO3S/c1-15(2,3)16(8-13(17)18)14(19)11-9-20-12-7-5-4-6-10(11)12/h4-7,9H,8H2,1-3H3,(H,17,18). The van der Waals surface area contributed by atoms with Crippen molar-refractivity contribution in [3.8, 4) is 0 Å². The summed E-state index contributed by atoms with van der Waals surface area (Å²) in [5.41, 5.74) is 0.0279. The zero-order valence-electron chi connectivity index (χ0n) is 11.7. The molecule has 0 atom stereocenters. The molecule has 20 heavy (non-hydrogen) atoms. The van der Waals surface area contributed by atoms with E-state index < -0.39 is 11.5 Å². The van der Waals surface area contributed by atoms with Crippen LogP contribution in [0.15, 0.2) is 29.6 Å². The van der Waals surface area contributed by atoms with Crippen molar-refractivity contribution in [2.75, 3.05) is 6.54 Å². The van der Waals surface area contributed by atoms with Gasteiger partial charge in [0, 0.05) is 21.0 Å². The molecule has 5 heteroatoms. The highest BCUT2D eigenvalue weighted by Crippen LogP contribution is 2.28. The average molecular weight is 291 g/mol. The van der Waals surface area contributed by atoms with E-state index in [1.165, 1.54) is 16.2 Å². The first-order chi connectivity index (χ1) is 9.30. The first-order valence-electron chi connectivity index (χ1n) is 6.30. The number of rotatable bonds is 3. The Morgan fingerprint density at radius 1 is 1.25 bits per heavy atom. The van der Waals surface area contributed by atoms with Crippen LogP contribution in [-0.4, -0.2) is 34.0 Å². The first kappa shape index (κ1) is 14.5. The van der Waals surface area contributed by atoms with Gasteiger partial charge in [-0.05, 0) is 26.8 Å². The van der Waals surface area contributed by atoms with Crippen LogP contribution in [0.2, 0.25) is 0 Å². The highest BCUT2D eigenvalue weighted by atomic mass is 32.1. The van der Waals surface area contributed by atoms with Crippen LogP contribution in [0.1, 0.15) is 31.1 Å². The number of benzene rings is 1. The Bertz CT molecular complexity index is 654. The lowest BCUT2D eigenvalue weighted by atomic mass is 10.0. The van der Waals surface area contributed by atoms with Crippen LogP contribution in [0, 0.1) is 0 Å². The summed E-state index contributed by atoms with van der Waals surface area (Å²) in [6.07, 6.45) is 0. The number of thiophene rings is 1. The molecule has 1 amide bonds. The molecule has 1 aromatic heterocycles. The normalized spacial score (nSPS) is 11.6. The van der Waals surface area contributed by atoms with E-state index in [0.29, 0.717) is 5.56 Å². The second-order valence-corrected chi connectivity index (χ2v) is 6.51. The van der Waals surface area contributed by atoms with Gasteiger partial charge >= 0.3 is 5.97 Å². The quantitative estimate of drug-likeness (QED) is 0.944. The predicted molar refractivity (Wildman–Crippen MR) is 80.3 cm³/mol. The molecule has 0 bridgehead atoms. The number of carboxylic acids is 1. The highest BCUT2D eigenvalue weighted by Gasteiger charge is 2.30. The van der Waals surface area contributed by atoms with E-state index in [4.69, 9.17) is 5.11 Å². The van der Waals surface area contributed by atoms with Gasteiger partial charge in [-0.15, -0.1) is 11.3 Å². The summed E-state index contributed by atoms with van der Waals surface area (Å²) in [6, 6.07) is 7.65. The first-order valence-corrected chi connectivity index (χ1v) is 7.18. The van der Waals surface area contributed by atoms with Gasteiger partial charge in [-0.1, -0.05) is 18.2 Å². The number of amides is 1. The van der Waals surface area contributed by atoms with Crippen LogP contribution < -0.4 is 0 Å². The minimum atomic E-state index is -1.01. The van der Waals surface area contributed by atoms with Crippen molar-refractivity contribution in [2.45, 2.75) is 26.3 Å². The van der Waals surface area contributed by atoms with E-state index in [9.17, 15) is 9.59 Å². The van der Waals surface area contributed by atoms with Crippen LogP contribution in [0.4, 0.5) is 0 Å². The van der Waals surface area contributed by atoms with Gasteiger partial charge in [0.15, 0.2) is 0 Å². The minimum absolute atomic E-state index is 0.239. The van der Waals surface area contributed by atoms with Gasteiger partial charge in [-0.25, -0.2) is 0 Å². The van der Waals surface area contributed by atoms with Crippen molar-refractivity contribution in [3.63, 3.8) is 0 Å². The monoisotopic (exact) mass is 291 g/mol. The summed E-state index contributed by atoms with van der Waals surface area (Å²) < 4.78 is 1.03. The fourth-order valence-electron chi connectivity index (χ4n) is 2.04. The number of carbonyl (C=O) groups is 2. The number of carboxylic acid groups (broad SMARTS) is 1. The zero-order chi connectivity index (χ0) is 14.9. The van der Waals surface area contributed by atoms with Gasteiger partial charge in [0.2, 0.25) is 0 Å². The van der Waals surface area contributed by atoms with Crippen molar-refractivity contribution in [3.05, 3.63) is 35.2 Å². The number of fused-ring (bicyclic) bond motifs is 1. The van der Waals surface area contributed by atoms with Crippen molar-refractivity contribution in [1.82, 2.24) is 4.90 Å². The molecule has 0 aliphatic rings. The molecule has 4 nitrogen and oxygen atoms in total. The Morgan fingerprint density at radius 2 is 1.90 bits per heavy atom. The summed E-state index contributed by atoms with van der Waals surface area (Å²) in [5.74, 6) is -1.25. The largest absolute Gasteiger partial charge is 0.480 e. The maximum absolute atomic E-state index is 12.7. The summed E-state index contributed by atoms with van der Waals surface area (Å²) in [6.45, 7) is 5.21. The van der Waals surface area contributed by atoms with Crippen molar-refractivity contribution >= 4 is 33.3 Å². The third kappa shape index (κ3) is 2.82. The Hall–Kier alpha value is -1.88.